The van der Waals surface area contributed by atoms with Crippen LogP contribution in [0.15, 0.2) is 29.3 Å². The molecule has 0 atom stereocenters. The van der Waals surface area contributed by atoms with E-state index in [9.17, 15) is 0 Å². The molecule has 1 heterocycles. The number of nitrogens with zero attached hydrogens (tertiary/aromatic N) is 3. The number of hydrogen-bond donors (Lipinski definition) is 1. The second-order valence-electron chi connectivity index (χ2n) is 6.21. The molecule has 1 aromatic rings. The highest BCUT2D eigenvalue weighted by molar-refractivity contribution is 14.0. The van der Waals surface area contributed by atoms with Gasteiger partial charge >= 0.3 is 0 Å². The molecule has 4 nitrogen and oxygen atoms in total. The minimum Gasteiger partial charge on any atom is -0.356 e. The fourth-order valence-electron chi connectivity index (χ4n) is 2.99. The van der Waals surface area contributed by atoms with Crippen molar-refractivity contribution in [1.29, 1.82) is 0 Å². The van der Waals surface area contributed by atoms with Gasteiger partial charge in [0.1, 0.15) is 0 Å². The van der Waals surface area contributed by atoms with Gasteiger partial charge in [0.15, 0.2) is 5.96 Å². The van der Waals surface area contributed by atoms with Crippen molar-refractivity contribution in [2.75, 3.05) is 40.3 Å². The molecular formula is C18H30ClIN4. The van der Waals surface area contributed by atoms with Crippen LogP contribution in [0.25, 0.3) is 0 Å². The van der Waals surface area contributed by atoms with Crippen molar-refractivity contribution in [3.05, 3.63) is 34.9 Å². The molecule has 1 saturated heterocycles. The zero-order chi connectivity index (χ0) is 16.5. The van der Waals surface area contributed by atoms with Gasteiger partial charge < -0.3 is 15.1 Å². The molecule has 0 aliphatic carbocycles. The molecule has 0 unspecified atom stereocenters. The van der Waals surface area contributed by atoms with Crippen molar-refractivity contribution in [2.45, 2.75) is 32.2 Å². The predicted octanol–water partition coefficient (Wildman–Crippen LogP) is 3.84. The Labute approximate surface area is 168 Å². The summed E-state index contributed by atoms with van der Waals surface area (Å²) in [6, 6.07) is 7.98. The van der Waals surface area contributed by atoms with Gasteiger partial charge in [-0.2, -0.15) is 0 Å². The molecule has 1 aromatic carbocycles. The van der Waals surface area contributed by atoms with E-state index in [1.54, 1.807) is 0 Å². The van der Waals surface area contributed by atoms with E-state index in [1.165, 1.54) is 50.9 Å². The third kappa shape index (κ3) is 7.57. The first kappa shape index (κ1) is 21.5. The second kappa shape index (κ2) is 11.9. The Morgan fingerprint density at radius 1 is 1.21 bits per heavy atom. The molecule has 0 aromatic heterocycles. The normalized spacial score (nSPS) is 15.2. The third-order valence-electron chi connectivity index (χ3n) is 4.29. The highest BCUT2D eigenvalue weighted by Crippen LogP contribution is 2.11. The molecule has 1 N–H and O–H groups in total. The van der Waals surface area contributed by atoms with Gasteiger partial charge in [-0.1, -0.05) is 23.7 Å². The standard InChI is InChI=1S/C18H29ClN4.HI/c1-20-18(21-11-3-4-12-23-13-5-6-14-23)22(2)15-16-7-9-17(19)10-8-16;/h7-10H,3-6,11-15H2,1-2H3,(H,20,21);1H. The van der Waals surface area contributed by atoms with Crippen molar-refractivity contribution in [3.63, 3.8) is 0 Å². The van der Waals surface area contributed by atoms with Crippen LogP contribution in [0.3, 0.4) is 0 Å². The third-order valence-corrected chi connectivity index (χ3v) is 4.54. The van der Waals surface area contributed by atoms with Crippen LogP contribution < -0.4 is 5.32 Å². The van der Waals surface area contributed by atoms with Crippen LogP contribution in [0, 0.1) is 0 Å². The van der Waals surface area contributed by atoms with Gasteiger partial charge in [-0.25, -0.2) is 0 Å². The fourth-order valence-corrected chi connectivity index (χ4v) is 3.12. The van der Waals surface area contributed by atoms with Crippen LogP contribution in [0.1, 0.15) is 31.2 Å². The van der Waals surface area contributed by atoms with Crippen molar-refractivity contribution in [3.8, 4) is 0 Å². The maximum absolute atomic E-state index is 5.93. The van der Waals surface area contributed by atoms with Crippen molar-refractivity contribution in [1.82, 2.24) is 15.1 Å². The minimum absolute atomic E-state index is 0. The van der Waals surface area contributed by atoms with Gasteiger partial charge in [-0.3, -0.25) is 4.99 Å². The second-order valence-corrected chi connectivity index (χ2v) is 6.65. The van der Waals surface area contributed by atoms with E-state index in [2.05, 4.69) is 39.3 Å². The SMILES string of the molecule is CN=C(NCCCCN1CCCC1)N(C)Cc1ccc(Cl)cc1.I. The first-order chi connectivity index (χ1) is 11.2. The Morgan fingerprint density at radius 2 is 1.88 bits per heavy atom. The Morgan fingerprint density at radius 3 is 2.50 bits per heavy atom. The lowest BCUT2D eigenvalue weighted by atomic mass is 10.2. The number of hydrogen-bond acceptors (Lipinski definition) is 2. The highest BCUT2D eigenvalue weighted by Gasteiger charge is 2.10. The van der Waals surface area contributed by atoms with Gasteiger partial charge in [0.2, 0.25) is 0 Å². The highest BCUT2D eigenvalue weighted by atomic mass is 127. The summed E-state index contributed by atoms with van der Waals surface area (Å²) >= 11 is 5.93. The Hall–Kier alpha value is -0.530. The maximum atomic E-state index is 5.93. The summed E-state index contributed by atoms with van der Waals surface area (Å²) in [4.78, 5) is 9.09. The van der Waals surface area contributed by atoms with Crippen LogP contribution in [0.4, 0.5) is 0 Å². The maximum Gasteiger partial charge on any atom is 0.193 e. The summed E-state index contributed by atoms with van der Waals surface area (Å²) in [6.45, 7) is 5.62. The average Bonchev–Trinajstić information content (AvgIpc) is 3.06. The Bertz CT molecular complexity index is 486. The number of aliphatic imine (C=N–C) groups is 1. The topological polar surface area (TPSA) is 30.9 Å². The number of likely N-dealkylation sites (tertiary alicyclic amines) is 1. The van der Waals surface area contributed by atoms with Crippen LogP contribution in [0.2, 0.25) is 5.02 Å². The smallest absolute Gasteiger partial charge is 0.193 e. The van der Waals surface area contributed by atoms with E-state index in [4.69, 9.17) is 11.6 Å². The van der Waals surface area contributed by atoms with Gasteiger partial charge in [0, 0.05) is 32.2 Å². The number of guanidine groups is 1. The lowest BCUT2D eigenvalue weighted by molar-refractivity contribution is 0.330. The molecule has 6 heteroatoms. The number of benzene rings is 1. The van der Waals surface area contributed by atoms with Crippen LogP contribution >= 0.6 is 35.6 Å². The van der Waals surface area contributed by atoms with Gasteiger partial charge in [0.05, 0.1) is 0 Å². The minimum atomic E-state index is 0. The molecular weight excluding hydrogens is 435 g/mol. The van der Waals surface area contributed by atoms with E-state index in [0.29, 0.717) is 0 Å². The molecule has 136 valence electrons. The largest absolute Gasteiger partial charge is 0.356 e. The van der Waals surface area contributed by atoms with Gasteiger partial charge in [0.25, 0.3) is 0 Å². The van der Waals surface area contributed by atoms with E-state index >= 15 is 0 Å². The molecule has 24 heavy (non-hydrogen) atoms. The summed E-state index contributed by atoms with van der Waals surface area (Å²) in [5.41, 5.74) is 1.23. The monoisotopic (exact) mass is 464 g/mol. The van der Waals surface area contributed by atoms with Gasteiger partial charge in [-0.05, 0) is 63.0 Å². The molecule has 0 bridgehead atoms. The molecule has 0 radical (unpaired) electrons. The summed E-state index contributed by atoms with van der Waals surface area (Å²) in [5.74, 6) is 0.945. The number of unbranched alkanes of at least 4 members (excludes halogenated alkanes) is 1. The predicted molar refractivity (Wildman–Crippen MR) is 115 cm³/mol. The van der Waals surface area contributed by atoms with Crippen LogP contribution in [0.5, 0.6) is 0 Å². The van der Waals surface area contributed by atoms with Crippen LogP contribution in [-0.4, -0.2) is 56.0 Å². The van der Waals surface area contributed by atoms with E-state index < -0.39 is 0 Å². The molecule has 1 fully saturated rings. The molecule has 0 amide bonds. The number of halogens is 2. The molecule has 2 rings (SSSR count). The summed E-state index contributed by atoms with van der Waals surface area (Å²) in [5, 5.41) is 4.23. The Kier molecular flexibility index (Phi) is 10.7. The first-order valence-corrected chi connectivity index (χ1v) is 8.95. The number of rotatable bonds is 7. The van der Waals surface area contributed by atoms with E-state index in [0.717, 1.165) is 24.1 Å². The summed E-state index contributed by atoms with van der Waals surface area (Å²) in [6.07, 6.45) is 5.19. The van der Waals surface area contributed by atoms with Crippen molar-refractivity contribution >= 4 is 41.5 Å². The zero-order valence-electron chi connectivity index (χ0n) is 14.8. The fraction of sp³-hybridized carbons (Fsp3) is 0.611. The lowest BCUT2D eigenvalue weighted by Gasteiger charge is -2.22. The zero-order valence-corrected chi connectivity index (χ0v) is 17.9. The first-order valence-electron chi connectivity index (χ1n) is 8.57. The van der Waals surface area contributed by atoms with E-state index in [1.807, 2.05) is 19.2 Å². The number of nitrogens with one attached hydrogen (secondary N) is 1. The summed E-state index contributed by atoms with van der Waals surface area (Å²) in [7, 11) is 3.90. The quantitative estimate of drug-likeness (QED) is 0.288. The molecule has 0 saturated carbocycles. The summed E-state index contributed by atoms with van der Waals surface area (Å²) < 4.78 is 0. The molecule has 0 spiro atoms. The van der Waals surface area contributed by atoms with Crippen LogP contribution in [-0.2, 0) is 6.54 Å². The Balaban J connectivity index is 0.00000288. The van der Waals surface area contributed by atoms with Gasteiger partial charge in [-0.15, -0.1) is 24.0 Å². The van der Waals surface area contributed by atoms with Crippen molar-refractivity contribution in [2.24, 2.45) is 4.99 Å². The van der Waals surface area contributed by atoms with E-state index in [-0.39, 0.29) is 24.0 Å². The van der Waals surface area contributed by atoms with Crippen molar-refractivity contribution < 1.29 is 0 Å². The average molecular weight is 465 g/mol. The molecule has 1 aliphatic rings. The lowest BCUT2D eigenvalue weighted by Crippen LogP contribution is -2.39. The molecule has 1 aliphatic heterocycles.